The number of pyridine rings is 1. The second kappa shape index (κ2) is 3.95. The summed E-state index contributed by atoms with van der Waals surface area (Å²) in [6, 6.07) is 7.46. The molecule has 2 aromatic heterocycles. The fraction of sp³-hybridized carbons (Fsp3) is 0.182. The van der Waals surface area contributed by atoms with E-state index in [1.807, 2.05) is 32.0 Å². The molecule has 2 rings (SSSR count). The van der Waals surface area contributed by atoms with Crippen molar-refractivity contribution < 1.29 is 0 Å². The lowest BCUT2D eigenvalue weighted by atomic mass is 10.3. The Kier molecular flexibility index (Phi) is 2.64. The van der Waals surface area contributed by atoms with Crippen LogP contribution in [0.25, 0.3) is 11.5 Å². The molecule has 0 aliphatic rings. The van der Waals surface area contributed by atoms with E-state index in [1.54, 1.807) is 6.07 Å². The average molecular weight is 220 g/mol. The van der Waals surface area contributed by atoms with Crippen molar-refractivity contribution in [2.75, 3.05) is 0 Å². The van der Waals surface area contributed by atoms with Gasteiger partial charge in [-0.1, -0.05) is 17.7 Å². The third kappa shape index (κ3) is 2.30. The molecule has 0 unspecified atom stereocenters. The first-order chi connectivity index (χ1) is 7.15. The normalized spacial score (nSPS) is 10.3. The number of hydrogen-bond donors (Lipinski definition) is 0. The molecule has 0 saturated heterocycles. The SMILES string of the molecule is Cc1cccc(-c2nc(C)cc(Cl)n2)n1. The van der Waals surface area contributed by atoms with Gasteiger partial charge in [0.15, 0.2) is 5.82 Å². The summed E-state index contributed by atoms with van der Waals surface area (Å²) in [4.78, 5) is 12.8. The molecule has 15 heavy (non-hydrogen) atoms. The van der Waals surface area contributed by atoms with E-state index in [4.69, 9.17) is 11.6 Å². The largest absolute Gasteiger partial charge is 0.250 e. The number of halogens is 1. The van der Waals surface area contributed by atoms with Crippen LogP contribution >= 0.6 is 11.6 Å². The first-order valence-corrected chi connectivity index (χ1v) is 4.98. The molecule has 0 saturated carbocycles. The predicted molar refractivity (Wildman–Crippen MR) is 59.7 cm³/mol. The molecule has 0 bridgehead atoms. The maximum Gasteiger partial charge on any atom is 0.179 e. The van der Waals surface area contributed by atoms with Gasteiger partial charge in [0.2, 0.25) is 0 Å². The highest BCUT2D eigenvalue weighted by molar-refractivity contribution is 6.29. The van der Waals surface area contributed by atoms with Crippen LogP contribution in [0.4, 0.5) is 0 Å². The van der Waals surface area contributed by atoms with Crippen molar-refractivity contribution in [1.82, 2.24) is 15.0 Å². The highest BCUT2D eigenvalue weighted by Gasteiger charge is 2.04. The number of nitrogens with zero attached hydrogens (tertiary/aromatic N) is 3. The van der Waals surface area contributed by atoms with E-state index in [2.05, 4.69) is 15.0 Å². The summed E-state index contributed by atoms with van der Waals surface area (Å²) >= 11 is 5.86. The van der Waals surface area contributed by atoms with Crippen molar-refractivity contribution in [1.29, 1.82) is 0 Å². The molecule has 0 amide bonds. The van der Waals surface area contributed by atoms with Crippen molar-refractivity contribution in [2.24, 2.45) is 0 Å². The Balaban J connectivity index is 2.54. The Morgan fingerprint density at radius 2 is 1.80 bits per heavy atom. The van der Waals surface area contributed by atoms with Gasteiger partial charge in [-0.15, -0.1) is 0 Å². The van der Waals surface area contributed by atoms with Crippen LogP contribution in [0.5, 0.6) is 0 Å². The van der Waals surface area contributed by atoms with Crippen LogP contribution in [-0.2, 0) is 0 Å². The van der Waals surface area contributed by atoms with Gasteiger partial charge in [0, 0.05) is 11.4 Å². The molecule has 0 aromatic carbocycles. The highest BCUT2D eigenvalue weighted by atomic mass is 35.5. The molecule has 3 nitrogen and oxygen atoms in total. The second-order valence-corrected chi connectivity index (χ2v) is 3.71. The van der Waals surface area contributed by atoms with Gasteiger partial charge in [-0.2, -0.15) is 0 Å². The van der Waals surface area contributed by atoms with Crippen LogP contribution < -0.4 is 0 Å². The van der Waals surface area contributed by atoms with E-state index < -0.39 is 0 Å². The quantitative estimate of drug-likeness (QED) is 0.693. The minimum atomic E-state index is 0.445. The summed E-state index contributed by atoms with van der Waals surface area (Å²) in [5.74, 6) is 0.573. The highest BCUT2D eigenvalue weighted by Crippen LogP contribution is 2.15. The van der Waals surface area contributed by atoms with Gasteiger partial charge in [0.05, 0.1) is 0 Å². The molecule has 0 fully saturated rings. The van der Waals surface area contributed by atoms with Gasteiger partial charge < -0.3 is 0 Å². The molecule has 0 aliphatic heterocycles. The van der Waals surface area contributed by atoms with Gasteiger partial charge in [0.25, 0.3) is 0 Å². The van der Waals surface area contributed by atoms with Crippen LogP contribution in [-0.4, -0.2) is 15.0 Å². The fourth-order valence-corrected chi connectivity index (χ4v) is 1.55. The molecule has 76 valence electrons. The molecular weight excluding hydrogens is 210 g/mol. The van der Waals surface area contributed by atoms with Crippen LogP contribution in [0.2, 0.25) is 5.15 Å². The van der Waals surface area contributed by atoms with Gasteiger partial charge in [-0.05, 0) is 32.0 Å². The minimum absolute atomic E-state index is 0.445. The molecule has 4 heteroatoms. The van der Waals surface area contributed by atoms with E-state index in [0.717, 1.165) is 17.1 Å². The van der Waals surface area contributed by atoms with Gasteiger partial charge in [-0.3, -0.25) is 0 Å². The smallest absolute Gasteiger partial charge is 0.179 e. The molecule has 2 heterocycles. The van der Waals surface area contributed by atoms with E-state index in [-0.39, 0.29) is 0 Å². The summed E-state index contributed by atoms with van der Waals surface area (Å²) < 4.78 is 0. The van der Waals surface area contributed by atoms with Crippen LogP contribution in [0, 0.1) is 13.8 Å². The number of aromatic nitrogens is 3. The fourth-order valence-electron chi connectivity index (χ4n) is 1.31. The lowest BCUT2D eigenvalue weighted by molar-refractivity contribution is 1.08. The Morgan fingerprint density at radius 3 is 2.47 bits per heavy atom. The lowest BCUT2D eigenvalue weighted by Gasteiger charge is -2.02. The zero-order valence-electron chi connectivity index (χ0n) is 8.53. The number of rotatable bonds is 1. The van der Waals surface area contributed by atoms with Gasteiger partial charge in [0.1, 0.15) is 10.8 Å². The monoisotopic (exact) mass is 219 g/mol. The molecule has 0 N–H and O–H groups in total. The summed E-state index contributed by atoms with van der Waals surface area (Å²) in [7, 11) is 0. The maximum absolute atomic E-state index is 5.86. The molecule has 0 aliphatic carbocycles. The van der Waals surface area contributed by atoms with E-state index in [1.165, 1.54) is 0 Å². The van der Waals surface area contributed by atoms with Crippen LogP contribution in [0.15, 0.2) is 24.3 Å². The third-order valence-corrected chi connectivity index (χ3v) is 2.13. The zero-order valence-corrected chi connectivity index (χ0v) is 9.28. The summed E-state index contributed by atoms with van der Waals surface area (Å²) in [5, 5.41) is 0.445. The van der Waals surface area contributed by atoms with Gasteiger partial charge >= 0.3 is 0 Å². The minimum Gasteiger partial charge on any atom is -0.250 e. The van der Waals surface area contributed by atoms with E-state index >= 15 is 0 Å². The lowest BCUT2D eigenvalue weighted by Crippen LogP contribution is -1.95. The van der Waals surface area contributed by atoms with Crippen molar-refractivity contribution in [2.45, 2.75) is 13.8 Å². The molecule has 2 aromatic rings. The van der Waals surface area contributed by atoms with E-state index in [0.29, 0.717) is 11.0 Å². The van der Waals surface area contributed by atoms with E-state index in [9.17, 15) is 0 Å². The van der Waals surface area contributed by atoms with Gasteiger partial charge in [-0.25, -0.2) is 15.0 Å². The Morgan fingerprint density at radius 1 is 1.00 bits per heavy atom. The van der Waals surface area contributed by atoms with Crippen molar-refractivity contribution in [3.05, 3.63) is 40.8 Å². The standard InChI is InChI=1S/C11H10ClN3/c1-7-4-3-5-9(13-7)11-14-8(2)6-10(12)15-11/h3-6H,1-2H3. The van der Waals surface area contributed by atoms with Crippen molar-refractivity contribution in [3.8, 4) is 11.5 Å². The first-order valence-electron chi connectivity index (χ1n) is 4.60. The van der Waals surface area contributed by atoms with Crippen LogP contribution in [0.1, 0.15) is 11.4 Å². The molecule has 0 atom stereocenters. The van der Waals surface area contributed by atoms with Crippen LogP contribution in [0.3, 0.4) is 0 Å². The predicted octanol–water partition coefficient (Wildman–Crippen LogP) is 2.81. The van der Waals surface area contributed by atoms with Crippen molar-refractivity contribution >= 4 is 11.6 Å². The average Bonchev–Trinajstić information content (AvgIpc) is 2.16. The first kappa shape index (κ1) is 10.1. The summed E-state index contributed by atoms with van der Waals surface area (Å²) in [6.07, 6.45) is 0. The molecular formula is C11H10ClN3. The number of aryl methyl sites for hydroxylation is 2. The Hall–Kier alpha value is -1.48. The molecule has 0 radical (unpaired) electrons. The topological polar surface area (TPSA) is 38.7 Å². The summed E-state index contributed by atoms with van der Waals surface area (Å²) in [6.45, 7) is 3.81. The second-order valence-electron chi connectivity index (χ2n) is 3.32. The van der Waals surface area contributed by atoms with Crippen molar-refractivity contribution in [3.63, 3.8) is 0 Å². The third-order valence-electron chi connectivity index (χ3n) is 1.94. The molecule has 0 spiro atoms. The maximum atomic E-state index is 5.86. The Labute approximate surface area is 93.2 Å². The number of hydrogen-bond acceptors (Lipinski definition) is 3. The summed E-state index contributed by atoms with van der Waals surface area (Å²) in [5.41, 5.74) is 2.53. The Bertz CT molecular complexity index is 477. The zero-order chi connectivity index (χ0) is 10.8.